The number of rotatable bonds is 3. The molecule has 0 aromatic heterocycles. The molecule has 1 aromatic carbocycles. The first-order valence-corrected chi connectivity index (χ1v) is 5.27. The fraction of sp³-hybridized carbons (Fsp3) is 0.400. The van der Waals surface area contributed by atoms with Crippen molar-refractivity contribution in [2.24, 2.45) is 5.73 Å². The van der Waals surface area contributed by atoms with Crippen LogP contribution in [0.25, 0.3) is 0 Å². The van der Waals surface area contributed by atoms with E-state index in [1.54, 1.807) is 0 Å². The number of benzene rings is 1. The molecule has 84 valence electrons. The van der Waals surface area contributed by atoms with Gasteiger partial charge in [0.15, 0.2) is 17.3 Å². The van der Waals surface area contributed by atoms with E-state index in [9.17, 15) is 9.50 Å². The minimum Gasteiger partial charge on any atom is -0.504 e. The van der Waals surface area contributed by atoms with Gasteiger partial charge in [0, 0.05) is 5.56 Å². The van der Waals surface area contributed by atoms with Crippen LogP contribution in [0, 0.1) is 5.82 Å². The van der Waals surface area contributed by atoms with Crippen LogP contribution in [-0.2, 0) is 0 Å². The Morgan fingerprint density at radius 1 is 1.67 bits per heavy atom. The summed E-state index contributed by atoms with van der Waals surface area (Å²) in [6.45, 7) is 2.22. The van der Waals surface area contributed by atoms with Crippen molar-refractivity contribution in [3.8, 4) is 11.5 Å². The van der Waals surface area contributed by atoms with Gasteiger partial charge in [-0.15, -0.1) is 0 Å². The normalized spacial score (nSPS) is 12.6. The Hall–Kier alpha value is -0.810. The Balaban J connectivity index is 3.36. The molecule has 0 heterocycles. The predicted molar refractivity (Wildman–Crippen MR) is 59.8 cm³/mol. The molecule has 1 atom stereocenters. The van der Waals surface area contributed by atoms with E-state index in [4.69, 9.17) is 10.5 Å². The van der Waals surface area contributed by atoms with E-state index in [0.29, 0.717) is 12.1 Å². The van der Waals surface area contributed by atoms with E-state index in [1.165, 1.54) is 13.2 Å². The zero-order valence-electron chi connectivity index (χ0n) is 8.55. The first kappa shape index (κ1) is 12.3. The highest BCUT2D eigenvalue weighted by Crippen LogP contribution is 2.40. The van der Waals surface area contributed by atoms with Gasteiger partial charge in [0.2, 0.25) is 0 Å². The predicted octanol–water partition coefficient (Wildman–Crippen LogP) is 2.36. The van der Waals surface area contributed by atoms with Gasteiger partial charge in [0.05, 0.1) is 11.6 Å². The van der Waals surface area contributed by atoms with Crippen LogP contribution in [0.5, 0.6) is 11.5 Å². The first-order chi connectivity index (χ1) is 7.02. The van der Waals surface area contributed by atoms with Gasteiger partial charge in [-0.25, -0.2) is 4.39 Å². The maximum Gasteiger partial charge on any atom is 0.198 e. The molecule has 0 aliphatic carbocycles. The second kappa shape index (κ2) is 4.81. The lowest BCUT2D eigenvalue weighted by molar-refractivity contribution is 0.346. The van der Waals surface area contributed by atoms with E-state index >= 15 is 0 Å². The van der Waals surface area contributed by atoms with Gasteiger partial charge in [-0.1, -0.05) is 6.92 Å². The van der Waals surface area contributed by atoms with E-state index in [0.717, 1.165) is 0 Å². The van der Waals surface area contributed by atoms with E-state index < -0.39 is 5.82 Å². The SMILES string of the molecule is COc1c(O)c(C(C)CN)cc(Br)c1F. The quantitative estimate of drug-likeness (QED) is 0.892. The van der Waals surface area contributed by atoms with Gasteiger partial charge in [0.25, 0.3) is 0 Å². The summed E-state index contributed by atoms with van der Waals surface area (Å²) < 4.78 is 18.5. The van der Waals surface area contributed by atoms with Crippen LogP contribution in [0.4, 0.5) is 4.39 Å². The highest BCUT2D eigenvalue weighted by molar-refractivity contribution is 9.10. The second-order valence-electron chi connectivity index (χ2n) is 3.28. The number of halogens is 2. The molecule has 0 aliphatic rings. The maximum atomic E-state index is 13.4. The number of methoxy groups -OCH3 is 1. The molecule has 0 bridgehead atoms. The van der Waals surface area contributed by atoms with Crippen molar-refractivity contribution in [2.45, 2.75) is 12.8 Å². The third-order valence-corrected chi connectivity index (χ3v) is 2.85. The minimum absolute atomic E-state index is 0.0594. The van der Waals surface area contributed by atoms with Crippen LogP contribution in [0.1, 0.15) is 18.4 Å². The van der Waals surface area contributed by atoms with Crippen molar-refractivity contribution in [2.75, 3.05) is 13.7 Å². The van der Waals surface area contributed by atoms with Gasteiger partial charge in [-0.05, 0) is 34.5 Å². The fourth-order valence-electron chi connectivity index (χ4n) is 1.30. The molecule has 1 aromatic rings. The molecule has 0 fully saturated rings. The number of hydrogen-bond donors (Lipinski definition) is 2. The molecule has 5 heteroatoms. The lowest BCUT2D eigenvalue weighted by Crippen LogP contribution is -2.10. The molecule has 0 saturated carbocycles. The van der Waals surface area contributed by atoms with Crippen molar-refractivity contribution < 1.29 is 14.2 Å². The first-order valence-electron chi connectivity index (χ1n) is 4.47. The highest BCUT2D eigenvalue weighted by atomic mass is 79.9. The summed E-state index contributed by atoms with van der Waals surface area (Å²) in [6.07, 6.45) is 0. The largest absolute Gasteiger partial charge is 0.504 e. The Morgan fingerprint density at radius 3 is 2.73 bits per heavy atom. The summed E-state index contributed by atoms with van der Waals surface area (Å²) in [4.78, 5) is 0. The number of hydrogen-bond acceptors (Lipinski definition) is 3. The van der Waals surface area contributed by atoms with Gasteiger partial charge >= 0.3 is 0 Å². The standard InChI is InChI=1S/C10H13BrFNO2/c1-5(4-13)6-3-7(11)8(12)10(15-2)9(6)14/h3,5,14H,4,13H2,1-2H3. The second-order valence-corrected chi connectivity index (χ2v) is 4.13. The molecule has 0 aliphatic heterocycles. The maximum absolute atomic E-state index is 13.4. The van der Waals surface area contributed by atoms with Crippen molar-refractivity contribution in [1.82, 2.24) is 0 Å². The van der Waals surface area contributed by atoms with E-state index in [2.05, 4.69) is 15.9 Å². The van der Waals surface area contributed by atoms with Gasteiger partial charge in [-0.3, -0.25) is 0 Å². The Morgan fingerprint density at radius 2 is 2.27 bits per heavy atom. The summed E-state index contributed by atoms with van der Waals surface area (Å²) in [5.41, 5.74) is 6.06. The Bertz CT molecular complexity index is 371. The molecule has 0 radical (unpaired) electrons. The molecule has 0 amide bonds. The van der Waals surface area contributed by atoms with Crippen LogP contribution in [0.15, 0.2) is 10.5 Å². The monoisotopic (exact) mass is 277 g/mol. The summed E-state index contributed by atoms with van der Waals surface area (Å²) in [6, 6.07) is 1.52. The minimum atomic E-state index is -0.608. The topological polar surface area (TPSA) is 55.5 Å². The summed E-state index contributed by atoms with van der Waals surface area (Å²) >= 11 is 3.06. The zero-order valence-corrected chi connectivity index (χ0v) is 10.1. The van der Waals surface area contributed by atoms with Crippen LogP contribution in [0.3, 0.4) is 0 Å². The van der Waals surface area contributed by atoms with Crippen molar-refractivity contribution in [1.29, 1.82) is 0 Å². The van der Waals surface area contributed by atoms with Crippen LogP contribution in [0.2, 0.25) is 0 Å². The average molecular weight is 278 g/mol. The lowest BCUT2D eigenvalue weighted by Gasteiger charge is -2.15. The van der Waals surface area contributed by atoms with E-state index in [1.807, 2.05) is 6.92 Å². The number of ether oxygens (including phenoxy) is 1. The molecule has 1 rings (SSSR count). The molecule has 3 nitrogen and oxygen atoms in total. The van der Waals surface area contributed by atoms with E-state index in [-0.39, 0.29) is 21.9 Å². The van der Waals surface area contributed by atoms with Crippen LogP contribution in [-0.4, -0.2) is 18.8 Å². The number of aromatic hydroxyl groups is 1. The van der Waals surface area contributed by atoms with Crippen molar-refractivity contribution in [3.05, 3.63) is 21.9 Å². The van der Waals surface area contributed by atoms with Crippen molar-refractivity contribution >= 4 is 15.9 Å². The van der Waals surface area contributed by atoms with Crippen LogP contribution >= 0.6 is 15.9 Å². The number of nitrogens with two attached hydrogens (primary N) is 1. The Kier molecular flexibility index (Phi) is 3.93. The third-order valence-electron chi connectivity index (χ3n) is 2.27. The molecule has 1 unspecified atom stereocenters. The summed E-state index contributed by atoms with van der Waals surface area (Å²) in [5, 5.41) is 9.75. The van der Waals surface area contributed by atoms with Gasteiger partial charge < -0.3 is 15.6 Å². The lowest BCUT2D eigenvalue weighted by atomic mass is 10.00. The molecular weight excluding hydrogens is 265 g/mol. The smallest absolute Gasteiger partial charge is 0.198 e. The fourth-order valence-corrected chi connectivity index (χ4v) is 1.73. The molecule has 3 N–H and O–H groups in total. The third kappa shape index (κ3) is 2.23. The number of phenols is 1. The zero-order chi connectivity index (χ0) is 11.6. The van der Waals surface area contributed by atoms with Crippen LogP contribution < -0.4 is 10.5 Å². The molecule has 0 spiro atoms. The number of phenolic OH excluding ortho intramolecular Hbond substituents is 1. The molecule has 0 saturated heterocycles. The van der Waals surface area contributed by atoms with Crippen molar-refractivity contribution in [3.63, 3.8) is 0 Å². The molecular formula is C10H13BrFNO2. The summed E-state index contributed by atoms with van der Waals surface area (Å²) in [7, 11) is 1.31. The highest BCUT2D eigenvalue weighted by Gasteiger charge is 2.20. The molecule has 15 heavy (non-hydrogen) atoms. The Labute approximate surface area is 96.2 Å². The summed E-state index contributed by atoms with van der Waals surface area (Å²) in [5.74, 6) is -1.01. The van der Waals surface area contributed by atoms with Gasteiger partial charge in [0.1, 0.15) is 0 Å². The average Bonchev–Trinajstić information content (AvgIpc) is 2.23. The van der Waals surface area contributed by atoms with Gasteiger partial charge in [-0.2, -0.15) is 0 Å².